The lowest BCUT2D eigenvalue weighted by atomic mass is 9.51. The molecule has 24 heavy (non-hydrogen) atoms. The molecule has 0 aromatic carbocycles. The van der Waals surface area contributed by atoms with Gasteiger partial charge in [-0.1, -0.05) is 0 Å². The Morgan fingerprint density at radius 2 is 1.75 bits per heavy atom. The SMILES string of the molecule is CN1C(=O)N(CC2CCOCC2)C2(CC3(CCC(N)CC3)C2)C1=O. The van der Waals surface area contributed by atoms with Crippen molar-refractivity contribution in [1.82, 2.24) is 9.80 Å². The van der Waals surface area contributed by atoms with Crippen LogP contribution in [-0.4, -0.2) is 60.1 Å². The average molecular weight is 335 g/mol. The summed E-state index contributed by atoms with van der Waals surface area (Å²) in [4.78, 5) is 28.8. The Balaban J connectivity index is 1.51. The second kappa shape index (κ2) is 5.70. The fraction of sp³-hybridized carbons (Fsp3) is 0.889. The molecule has 0 radical (unpaired) electrons. The highest BCUT2D eigenvalue weighted by molar-refractivity contribution is 6.07. The monoisotopic (exact) mass is 335 g/mol. The first-order chi connectivity index (χ1) is 11.5. The van der Waals surface area contributed by atoms with Gasteiger partial charge in [-0.15, -0.1) is 0 Å². The van der Waals surface area contributed by atoms with Gasteiger partial charge in [0.2, 0.25) is 0 Å². The van der Waals surface area contributed by atoms with Crippen molar-refractivity contribution in [3.8, 4) is 0 Å². The second-order valence-corrected chi connectivity index (χ2v) is 8.54. The summed E-state index contributed by atoms with van der Waals surface area (Å²) in [6.07, 6.45) is 7.95. The summed E-state index contributed by atoms with van der Waals surface area (Å²) in [5.41, 5.74) is 5.73. The van der Waals surface area contributed by atoms with E-state index >= 15 is 0 Å². The van der Waals surface area contributed by atoms with Gasteiger partial charge in [0.1, 0.15) is 5.54 Å². The molecule has 4 fully saturated rings. The van der Waals surface area contributed by atoms with Crippen LogP contribution in [0.3, 0.4) is 0 Å². The standard InChI is InChI=1S/C18H29N3O3/c1-20-15(22)18(11-17(12-18)6-2-14(19)3-7-17)21(16(20)23)10-13-4-8-24-9-5-13/h13-14H,2-12,19H2,1H3. The van der Waals surface area contributed by atoms with Crippen LogP contribution in [0.2, 0.25) is 0 Å². The topological polar surface area (TPSA) is 75.9 Å². The van der Waals surface area contributed by atoms with Crippen LogP contribution in [0.15, 0.2) is 0 Å². The zero-order valence-corrected chi connectivity index (χ0v) is 14.6. The van der Waals surface area contributed by atoms with E-state index in [4.69, 9.17) is 10.5 Å². The molecule has 134 valence electrons. The van der Waals surface area contributed by atoms with Crippen molar-refractivity contribution in [2.75, 3.05) is 26.8 Å². The fourth-order valence-electron chi connectivity index (χ4n) is 5.46. The predicted molar refractivity (Wildman–Crippen MR) is 89.3 cm³/mol. The maximum Gasteiger partial charge on any atom is 0.327 e. The Morgan fingerprint density at radius 3 is 2.38 bits per heavy atom. The molecule has 2 saturated carbocycles. The molecule has 4 aliphatic rings. The minimum absolute atomic E-state index is 0.0139. The highest BCUT2D eigenvalue weighted by Crippen LogP contribution is 2.61. The molecule has 2 spiro atoms. The molecule has 2 aliphatic carbocycles. The largest absolute Gasteiger partial charge is 0.381 e. The minimum atomic E-state index is -0.564. The van der Waals surface area contributed by atoms with Crippen molar-refractivity contribution in [3.05, 3.63) is 0 Å². The van der Waals surface area contributed by atoms with Crippen LogP contribution in [0, 0.1) is 11.3 Å². The summed E-state index contributed by atoms with van der Waals surface area (Å²) < 4.78 is 5.43. The second-order valence-electron chi connectivity index (χ2n) is 8.54. The molecule has 0 aromatic heterocycles. The van der Waals surface area contributed by atoms with Crippen LogP contribution < -0.4 is 5.73 Å². The predicted octanol–water partition coefficient (Wildman–Crippen LogP) is 1.73. The summed E-state index contributed by atoms with van der Waals surface area (Å²) in [6, 6.07) is 0.211. The normalized spacial score (nSPS) is 40.7. The molecular formula is C18H29N3O3. The van der Waals surface area contributed by atoms with Gasteiger partial charge in [-0.05, 0) is 62.7 Å². The van der Waals surface area contributed by atoms with Gasteiger partial charge in [0, 0.05) is 32.8 Å². The number of rotatable bonds is 2. The fourth-order valence-corrected chi connectivity index (χ4v) is 5.46. The van der Waals surface area contributed by atoms with Crippen LogP contribution in [-0.2, 0) is 9.53 Å². The zero-order valence-electron chi connectivity index (χ0n) is 14.6. The molecule has 2 aliphatic heterocycles. The van der Waals surface area contributed by atoms with Crippen molar-refractivity contribution in [2.45, 2.75) is 62.9 Å². The van der Waals surface area contributed by atoms with E-state index in [1.54, 1.807) is 7.05 Å². The van der Waals surface area contributed by atoms with E-state index in [0.29, 0.717) is 18.5 Å². The quantitative estimate of drug-likeness (QED) is 0.780. The van der Waals surface area contributed by atoms with Gasteiger partial charge < -0.3 is 15.4 Å². The maximum atomic E-state index is 12.9. The number of carbonyl (C=O) groups excluding carboxylic acids is 2. The van der Waals surface area contributed by atoms with Crippen molar-refractivity contribution >= 4 is 11.9 Å². The first kappa shape index (κ1) is 16.3. The summed E-state index contributed by atoms with van der Waals surface area (Å²) in [6.45, 7) is 2.24. The number of hydrogen-bond acceptors (Lipinski definition) is 4. The Morgan fingerprint density at radius 1 is 1.12 bits per heavy atom. The number of likely N-dealkylation sites (N-methyl/N-ethyl adjacent to an activating group) is 1. The van der Waals surface area contributed by atoms with Gasteiger partial charge in [-0.3, -0.25) is 9.69 Å². The molecular weight excluding hydrogens is 306 g/mol. The highest BCUT2D eigenvalue weighted by atomic mass is 16.5. The molecule has 6 heteroatoms. The van der Waals surface area contributed by atoms with Gasteiger partial charge in [0.05, 0.1) is 0 Å². The number of hydrogen-bond donors (Lipinski definition) is 1. The van der Waals surface area contributed by atoms with E-state index in [1.165, 1.54) is 4.90 Å². The molecule has 0 bridgehead atoms. The van der Waals surface area contributed by atoms with Gasteiger partial charge >= 0.3 is 6.03 Å². The number of ether oxygens (including phenoxy) is 1. The molecule has 6 nitrogen and oxygen atoms in total. The van der Waals surface area contributed by atoms with Gasteiger partial charge in [-0.2, -0.15) is 0 Å². The van der Waals surface area contributed by atoms with Crippen molar-refractivity contribution < 1.29 is 14.3 Å². The minimum Gasteiger partial charge on any atom is -0.381 e. The summed E-state index contributed by atoms with van der Waals surface area (Å²) in [5.74, 6) is 0.468. The third-order valence-electron chi connectivity index (χ3n) is 6.94. The lowest BCUT2D eigenvalue weighted by Gasteiger charge is -2.58. The molecule has 2 saturated heterocycles. The summed E-state index contributed by atoms with van der Waals surface area (Å²) in [5, 5.41) is 0. The summed E-state index contributed by atoms with van der Waals surface area (Å²) >= 11 is 0. The molecule has 3 amide bonds. The van der Waals surface area contributed by atoms with E-state index < -0.39 is 5.54 Å². The van der Waals surface area contributed by atoms with Crippen LogP contribution in [0.4, 0.5) is 4.79 Å². The first-order valence-corrected chi connectivity index (χ1v) is 9.39. The maximum absolute atomic E-state index is 12.9. The van der Waals surface area contributed by atoms with Gasteiger partial charge in [0.15, 0.2) is 0 Å². The number of amides is 3. The molecule has 4 rings (SSSR count). The third kappa shape index (κ3) is 2.37. The van der Waals surface area contributed by atoms with Crippen LogP contribution >= 0.6 is 0 Å². The molecule has 2 heterocycles. The Bertz CT molecular complexity index is 528. The van der Waals surface area contributed by atoms with E-state index in [9.17, 15) is 9.59 Å². The molecule has 0 atom stereocenters. The third-order valence-corrected chi connectivity index (χ3v) is 6.94. The summed E-state index contributed by atoms with van der Waals surface area (Å²) in [7, 11) is 1.64. The smallest absolute Gasteiger partial charge is 0.327 e. The zero-order chi connectivity index (χ0) is 16.9. The van der Waals surface area contributed by atoms with Crippen LogP contribution in [0.1, 0.15) is 51.4 Å². The number of urea groups is 1. The Hall–Kier alpha value is -1.14. The number of nitrogens with two attached hydrogens (primary N) is 1. The van der Waals surface area contributed by atoms with Gasteiger partial charge in [0.25, 0.3) is 5.91 Å². The van der Waals surface area contributed by atoms with Crippen molar-refractivity contribution in [2.24, 2.45) is 17.1 Å². The molecule has 0 aromatic rings. The number of carbonyl (C=O) groups is 2. The Kier molecular flexibility index (Phi) is 3.88. The Labute approximate surface area is 143 Å². The van der Waals surface area contributed by atoms with E-state index in [-0.39, 0.29) is 17.4 Å². The van der Waals surface area contributed by atoms with Crippen LogP contribution in [0.5, 0.6) is 0 Å². The lowest BCUT2D eigenvalue weighted by Crippen LogP contribution is -2.65. The van der Waals surface area contributed by atoms with E-state index in [0.717, 1.165) is 64.6 Å². The highest BCUT2D eigenvalue weighted by Gasteiger charge is 2.67. The van der Waals surface area contributed by atoms with Crippen molar-refractivity contribution in [3.63, 3.8) is 0 Å². The molecule has 2 N–H and O–H groups in total. The van der Waals surface area contributed by atoms with Crippen molar-refractivity contribution in [1.29, 1.82) is 0 Å². The first-order valence-electron chi connectivity index (χ1n) is 9.39. The number of imide groups is 1. The van der Waals surface area contributed by atoms with E-state index in [1.807, 2.05) is 4.90 Å². The van der Waals surface area contributed by atoms with Crippen LogP contribution in [0.25, 0.3) is 0 Å². The molecule has 0 unspecified atom stereocenters. The lowest BCUT2D eigenvalue weighted by molar-refractivity contribution is -0.149. The number of nitrogens with zero attached hydrogens (tertiary/aromatic N) is 2. The van der Waals surface area contributed by atoms with E-state index in [2.05, 4.69) is 0 Å². The average Bonchev–Trinajstić information content (AvgIpc) is 2.74. The van der Waals surface area contributed by atoms with Gasteiger partial charge in [-0.25, -0.2) is 4.79 Å².